The van der Waals surface area contributed by atoms with Crippen molar-refractivity contribution in [2.45, 2.75) is 63.5 Å². The van der Waals surface area contributed by atoms with Gasteiger partial charge in [0.05, 0.1) is 44.9 Å². The van der Waals surface area contributed by atoms with Crippen LogP contribution in [0.5, 0.6) is 0 Å². The maximum absolute atomic E-state index is 6.96. The minimum Gasteiger partial charge on any atom is -0.374 e. The Balaban J connectivity index is 1.22. The largest absolute Gasteiger partial charge is 0.374 e. The molecule has 6 aromatic rings. The number of aromatic nitrogens is 3. The third kappa shape index (κ3) is 9.64. The Morgan fingerprint density at radius 2 is 0.922 bits per heavy atom. The van der Waals surface area contributed by atoms with Crippen molar-refractivity contribution in [3.05, 3.63) is 191 Å². The first-order valence-electron chi connectivity index (χ1n) is 17.5. The molecule has 1 saturated heterocycles. The van der Waals surface area contributed by atoms with Gasteiger partial charge in [0, 0.05) is 6.42 Å². The van der Waals surface area contributed by atoms with Gasteiger partial charge in [0.1, 0.15) is 24.4 Å². The molecule has 0 N–H and O–H groups in total. The van der Waals surface area contributed by atoms with Gasteiger partial charge >= 0.3 is 0 Å². The predicted octanol–water partition coefficient (Wildman–Crippen LogP) is 7.74. The Labute approximate surface area is 299 Å². The maximum atomic E-state index is 6.96. The fourth-order valence-electron chi connectivity index (χ4n) is 6.30. The van der Waals surface area contributed by atoms with Gasteiger partial charge in [-0.15, -0.1) is 5.10 Å². The summed E-state index contributed by atoms with van der Waals surface area (Å²) in [6.45, 7) is 1.79. The molecule has 0 radical (unpaired) electrons. The predicted molar refractivity (Wildman–Crippen MR) is 194 cm³/mol. The molecule has 1 unspecified atom stereocenters. The second-order valence-corrected chi connectivity index (χ2v) is 12.7. The summed E-state index contributed by atoms with van der Waals surface area (Å²) in [5.74, 6) is 0. The van der Waals surface area contributed by atoms with Crippen molar-refractivity contribution in [2.75, 3.05) is 6.61 Å². The lowest BCUT2D eigenvalue weighted by atomic mass is 9.97. The molecule has 8 heteroatoms. The van der Waals surface area contributed by atoms with E-state index in [0.29, 0.717) is 32.8 Å². The van der Waals surface area contributed by atoms with Gasteiger partial charge in [-0.1, -0.05) is 157 Å². The highest BCUT2D eigenvalue weighted by molar-refractivity contribution is 5.20. The fourth-order valence-corrected chi connectivity index (χ4v) is 6.30. The van der Waals surface area contributed by atoms with Crippen LogP contribution in [0.4, 0.5) is 0 Å². The van der Waals surface area contributed by atoms with Gasteiger partial charge in [0.15, 0.2) is 6.23 Å². The van der Waals surface area contributed by atoms with Gasteiger partial charge < -0.3 is 23.7 Å². The average Bonchev–Trinajstić information content (AvgIpc) is 3.66. The third-order valence-electron chi connectivity index (χ3n) is 8.91. The van der Waals surface area contributed by atoms with Gasteiger partial charge in [-0.3, -0.25) is 0 Å². The van der Waals surface area contributed by atoms with Gasteiger partial charge in [-0.25, -0.2) is 4.68 Å². The number of hydrogen-bond acceptors (Lipinski definition) is 7. The molecule has 260 valence electrons. The second-order valence-electron chi connectivity index (χ2n) is 12.7. The van der Waals surface area contributed by atoms with Gasteiger partial charge in [-0.2, -0.15) is 0 Å². The molecule has 1 aliphatic rings. The molecule has 0 spiro atoms. The summed E-state index contributed by atoms with van der Waals surface area (Å²) in [6, 6.07) is 50.8. The van der Waals surface area contributed by atoms with Crippen molar-refractivity contribution in [2.24, 2.45) is 0 Å². The molecule has 2 heterocycles. The van der Waals surface area contributed by atoms with E-state index in [1.807, 2.05) is 97.2 Å². The molecule has 1 aromatic heterocycles. The molecule has 7 rings (SSSR count). The second kappa shape index (κ2) is 17.8. The summed E-state index contributed by atoms with van der Waals surface area (Å²) in [4.78, 5) is 0. The van der Waals surface area contributed by atoms with Crippen LogP contribution >= 0.6 is 0 Å². The van der Waals surface area contributed by atoms with Crippen molar-refractivity contribution < 1.29 is 23.7 Å². The molecular weight excluding hydrogens is 638 g/mol. The van der Waals surface area contributed by atoms with Crippen molar-refractivity contribution in [1.82, 2.24) is 15.0 Å². The molecule has 1 aliphatic heterocycles. The van der Waals surface area contributed by atoms with Crippen LogP contribution in [0, 0.1) is 0 Å². The lowest BCUT2D eigenvalue weighted by Crippen LogP contribution is -2.59. The van der Waals surface area contributed by atoms with Crippen molar-refractivity contribution >= 4 is 0 Å². The van der Waals surface area contributed by atoms with E-state index in [4.69, 9.17) is 23.7 Å². The highest BCUT2D eigenvalue weighted by Gasteiger charge is 2.49. The van der Waals surface area contributed by atoms with Crippen LogP contribution in [-0.2, 0) is 56.5 Å². The Morgan fingerprint density at radius 1 is 0.490 bits per heavy atom. The van der Waals surface area contributed by atoms with Crippen LogP contribution in [0.2, 0.25) is 0 Å². The Kier molecular flexibility index (Phi) is 12.0. The summed E-state index contributed by atoms with van der Waals surface area (Å²) < 4.78 is 35.5. The summed E-state index contributed by atoms with van der Waals surface area (Å²) in [6.07, 6.45) is -0.291. The van der Waals surface area contributed by atoms with Crippen LogP contribution in [-0.4, -0.2) is 46.0 Å². The van der Waals surface area contributed by atoms with E-state index in [1.54, 1.807) is 4.68 Å². The summed E-state index contributed by atoms with van der Waals surface area (Å²) in [5, 5.41) is 9.15. The molecule has 0 bridgehead atoms. The lowest BCUT2D eigenvalue weighted by Gasteiger charge is -2.46. The Bertz CT molecular complexity index is 1860. The SMILES string of the molecule is c1ccc(COC[C@H]2OC(n3cc(Cc4ccccc4)nn3)[C@H](OCc3ccccc3)[C@@H](OCc3ccccc3)[C@@H]2OCc2ccccc2)cc1. The van der Waals surface area contributed by atoms with Crippen LogP contribution < -0.4 is 0 Å². The first kappa shape index (κ1) is 34.5. The Hall–Kier alpha value is -4.96. The van der Waals surface area contributed by atoms with E-state index in [-0.39, 0.29) is 6.61 Å². The highest BCUT2D eigenvalue weighted by atomic mass is 16.6. The summed E-state index contributed by atoms with van der Waals surface area (Å²) in [5.41, 5.74) is 6.19. The quantitative estimate of drug-likeness (QED) is 0.103. The van der Waals surface area contributed by atoms with Crippen molar-refractivity contribution in [3.63, 3.8) is 0 Å². The number of nitrogens with zero attached hydrogens (tertiary/aromatic N) is 3. The number of rotatable bonds is 16. The zero-order valence-electron chi connectivity index (χ0n) is 28.5. The molecule has 8 nitrogen and oxygen atoms in total. The number of ether oxygens (including phenoxy) is 5. The molecule has 0 saturated carbocycles. The Morgan fingerprint density at radius 3 is 1.43 bits per heavy atom. The van der Waals surface area contributed by atoms with E-state index < -0.39 is 30.6 Å². The van der Waals surface area contributed by atoms with Gasteiger partial charge in [-0.05, 0) is 27.8 Å². The first-order chi connectivity index (χ1) is 25.3. The monoisotopic (exact) mass is 681 g/mol. The zero-order chi connectivity index (χ0) is 34.5. The normalized spacial score (nSPS) is 20.3. The van der Waals surface area contributed by atoms with E-state index in [0.717, 1.165) is 33.5 Å². The standard InChI is InChI=1S/C43H43N3O5/c1-6-16-33(17-7-1)26-38-27-46(45-44-38)43-42(50-31-37-24-14-5-15-25-37)41(49-30-36-22-12-4-13-23-36)40(48-29-35-20-10-3-11-21-35)39(51-43)32-47-28-34-18-8-2-9-19-34/h1-25,27,39-43H,26,28-32H2/t39-,40-,41+,42-,43?/m1/s1. The molecule has 1 fully saturated rings. The van der Waals surface area contributed by atoms with Gasteiger partial charge in [0.2, 0.25) is 0 Å². The topological polar surface area (TPSA) is 76.9 Å². The lowest BCUT2D eigenvalue weighted by molar-refractivity contribution is -0.292. The average molecular weight is 682 g/mol. The molecule has 0 amide bonds. The number of hydrogen-bond donors (Lipinski definition) is 0. The highest BCUT2D eigenvalue weighted by Crippen LogP contribution is 2.36. The van der Waals surface area contributed by atoms with E-state index in [2.05, 4.69) is 71.0 Å². The maximum Gasteiger partial charge on any atom is 0.181 e. The minimum absolute atomic E-state index is 0.271. The van der Waals surface area contributed by atoms with Crippen LogP contribution in [0.15, 0.2) is 158 Å². The van der Waals surface area contributed by atoms with Crippen LogP contribution in [0.25, 0.3) is 0 Å². The minimum atomic E-state index is -0.673. The summed E-state index contributed by atoms with van der Waals surface area (Å²) in [7, 11) is 0. The molecule has 5 aromatic carbocycles. The smallest absolute Gasteiger partial charge is 0.181 e. The van der Waals surface area contributed by atoms with Crippen molar-refractivity contribution in [1.29, 1.82) is 0 Å². The van der Waals surface area contributed by atoms with E-state index in [9.17, 15) is 0 Å². The van der Waals surface area contributed by atoms with Crippen LogP contribution in [0.3, 0.4) is 0 Å². The van der Waals surface area contributed by atoms with Crippen LogP contribution in [0.1, 0.15) is 39.7 Å². The van der Waals surface area contributed by atoms with Gasteiger partial charge in [0.25, 0.3) is 0 Å². The third-order valence-corrected chi connectivity index (χ3v) is 8.91. The fraction of sp³-hybridized carbons (Fsp3) is 0.256. The molecule has 51 heavy (non-hydrogen) atoms. The molecule has 0 aliphatic carbocycles. The zero-order valence-corrected chi connectivity index (χ0v) is 28.5. The molecular formula is C43H43N3O5. The van der Waals surface area contributed by atoms with Crippen molar-refractivity contribution in [3.8, 4) is 0 Å². The number of benzene rings is 5. The molecule has 5 atom stereocenters. The summed E-state index contributed by atoms with van der Waals surface area (Å²) >= 11 is 0. The van der Waals surface area contributed by atoms with E-state index >= 15 is 0 Å². The van der Waals surface area contributed by atoms with E-state index in [1.165, 1.54) is 0 Å². The first-order valence-corrected chi connectivity index (χ1v) is 17.5.